The van der Waals surface area contributed by atoms with E-state index in [2.05, 4.69) is 9.18 Å². The lowest BCUT2D eigenvalue weighted by molar-refractivity contribution is 0.433. The molecule has 48 valence electrons. The Bertz CT molecular complexity index is 122. The van der Waals surface area contributed by atoms with Crippen molar-refractivity contribution in [3.63, 3.8) is 0 Å². The molecule has 0 aliphatic heterocycles. The predicted octanol–water partition coefficient (Wildman–Crippen LogP) is -1.26. The Morgan fingerprint density at radius 2 is 2.50 bits per heavy atom. The van der Waals surface area contributed by atoms with E-state index in [4.69, 9.17) is 5.73 Å². The third-order valence-electron chi connectivity index (χ3n) is 0.374. The van der Waals surface area contributed by atoms with Crippen LogP contribution in [-0.2, 0) is 15.5 Å². The van der Waals surface area contributed by atoms with Crippen molar-refractivity contribution in [2.75, 3.05) is 7.05 Å². The van der Waals surface area contributed by atoms with E-state index in [0.29, 0.717) is 0 Å². The quantitative estimate of drug-likeness (QED) is 0.277. The van der Waals surface area contributed by atoms with Gasteiger partial charge in [-0.2, -0.15) is 0 Å². The molecule has 0 spiro atoms. The van der Waals surface area contributed by atoms with Gasteiger partial charge in [0.2, 0.25) is 0 Å². The Morgan fingerprint density at radius 1 is 2.00 bits per heavy atom. The van der Waals surface area contributed by atoms with Crippen LogP contribution in [0.5, 0.6) is 0 Å². The van der Waals surface area contributed by atoms with E-state index in [1.165, 1.54) is 7.05 Å². The van der Waals surface area contributed by atoms with Gasteiger partial charge in [-0.05, 0) is 0 Å². The molecular formula is C2H5N2O3S-. The highest BCUT2D eigenvalue weighted by molar-refractivity contribution is 7.74. The van der Waals surface area contributed by atoms with E-state index in [1.807, 2.05) is 0 Å². The Labute approximate surface area is 49.0 Å². The minimum atomic E-state index is -2.60. The van der Waals surface area contributed by atoms with E-state index in [1.54, 1.807) is 0 Å². The summed E-state index contributed by atoms with van der Waals surface area (Å²) in [6, 6.07) is -0.363. The second kappa shape index (κ2) is 3.39. The standard InChI is InChI=1S/C2H6N2O3S/c1-4-2(3)7-8(5)6/h1H3,(H2,3,4)(H,5,6)/p-1. The zero-order valence-corrected chi connectivity index (χ0v) is 4.97. The van der Waals surface area contributed by atoms with Gasteiger partial charge in [-0.3, -0.25) is 0 Å². The van der Waals surface area contributed by atoms with Gasteiger partial charge in [0.05, 0.1) is 0 Å². The van der Waals surface area contributed by atoms with E-state index >= 15 is 0 Å². The molecule has 2 N–H and O–H groups in total. The van der Waals surface area contributed by atoms with Crippen LogP contribution in [0.2, 0.25) is 0 Å². The molecule has 6 heteroatoms. The van der Waals surface area contributed by atoms with Crippen molar-refractivity contribution < 1.29 is 12.9 Å². The van der Waals surface area contributed by atoms with Crippen LogP contribution in [0.4, 0.5) is 0 Å². The fourth-order valence-corrected chi connectivity index (χ4v) is 0.321. The molecule has 0 radical (unpaired) electrons. The van der Waals surface area contributed by atoms with Gasteiger partial charge in [0.1, 0.15) is 11.4 Å². The average Bonchev–Trinajstić information content (AvgIpc) is 1.65. The van der Waals surface area contributed by atoms with Crippen LogP contribution in [0.15, 0.2) is 4.99 Å². The molecule has 0 fully saturated rings. The number of hydrogen-bond acceptors (Lipinski definition) is 4. The summed E-state index contributed by atoms with van der Waals surface area (Å²) >= 11 is -2.60. The molecule has 8 heavy (non-hydrogen) atoms. The van der Waals surface area contributed by atoms with E-state index in [9.17, 15) is 8.76 Å². The van der Waals surface area contributed by atoms with Crippen molar-refractivity contribution in [1.29, 1.82) is 0 Å². The van der Waals surface area contributed by atoms with Crippen LogP contribution in [-0.4, -0.2) is 21.8 Å². The van der Waals surface area contributed by atoms with Gasteiger partial charge in [0, 0.05) is 7.05 Å². The Balaban J connectivity index is 3.56. The zero-order valence-electron chi connectivity index (χ0n) is 4.16. The first kappa shape index (κ1) is 7.38. The average molecular weight is 137 g/mol. The van der Waals surface area contributed by atoms with Crippen molar-refractivity contribution in [3.8, 4) is 0 Å². The predicted molar refractivity (Wildman–Crippen MR) is 27.6 cm³/mol. The highest BCUT2D eigenvalue weighted by atomic mass is 32.2. The van der Waals surface area contributed by atoms with E-state index in [0.717, 1.165) is 0 Å². The molecule has 0 saturated heterocycles. The molecule has 5 nitrogen and oxygen atoms in total. The van der Waals surface area contributed by atoms with Gasteiger partial charge in [0.25, 0.3) is 6.02 Å². The number of amidine groups is 1. The second-order valence-electron chi connectivity index (χ2n) is 0.849. The largest absolute Gasteiger partial charge is 0.740 e. The van der Waals surface area contributed by atoms with Crippen molar-refractivity contribution in [2.45, 2.75) is 0 Å². The van der Waals surface area contributed by atoms with Crippen LogP contribution in [0.1, 0.15) is 0 Å². The maximum atomic E-state index is 9.59. The van der Waals surface area contributed by atoms with Gasteiger partial charge in [-0.1, -0.05) is 0 Å². The molecule has 0 rings (SSSR count). The first-order valence-corrected chi connectivity index (χ1v) is 2.66. The minimum absolute atomic E-state index is 0.363. The molecule has 0 aliphatic rings. The monoisotopic (exact) mass is 137 g/mol. The van der Waals surface area contributed by atoms with Crippen molar-refractivity contribution in [1.82, 2.24) is 0 Å². The van der Waals surface area contributed by atoms with Crippen molar-refractivity contribution >= 4 is 17.4 Å². The summed E-state index contributed by atoms with van der Waals surface area (Å²) in [6.45, 7) is 0. The van der Waals surface area contributed by atoms with Crippen molar-refractivity contribution in [2.24, 2.45) is 10.7 Å². The number of rotatable bonds is 1. The van der Waals surface area contributed by atoms with Gasteiger partial charge >= 0.3 is 0 Å². The van der Waals surface area contributed by atoms with Gasteiger partial charge < -0.3 is 14.5 Å². The summed E-state index contributed by atoms with van der Waals surface area (Å²) in [4.78, 5) is 3.21. The smallest absolute Gasteiger partial charge is 0.295 e. The fraction of sp³-hybridized carbons (Fsp3) is 0.500. The topological polar surface area (TPSA) is 87.7 Å². The number of hydrogen-bond donors (Lipinski definition) is 1. The van der Waals surface area contributed by atoms with Crippen LogP contribution in [0.25, 0.3) is 0 Å². The van der Waals surface area contributed by atoms with Crippen LogP contribution < -0.4 is 5.73 Å². The summed E-state index contributed by atoms with van der Waals surface area (Å²) in [5.74, 6) is 0. The number of nitrogens with zero attached hydrogens (tertiary/aromatic N) is 1. The number of nitrogens with two attached hydrogens (primary N) is 1. The van der Waals surface area contributed by atoms with Gasteiger partial charge in [0.15, 0.2) is 0 Å². The molecule has 1 unspecified atom stereocenters. The lowest BCUT2D eigenvalue weighted by atomic mass is 11.2. The molecule has 0 aliphatic carbocycles. The molecule has 0 aromatic rings. The van der Waals surface area contributed by atoms with Crippen molar-refractivity contribution in [3.05, 3.63) is 0 Å². The highest BCUT2D eigenvalue weighted by Gasteiger charge is 1.85. The minimum Gasteiger partial charge on any atom is -0.740 e. The molecule has 0 aromatic heterocycles. The SMILES string of the molecule is CN=C(N)OS(=O)[O-]. The van der Waals surface area contributed by atoms with E-state index in [-0.39, 0.29) is 6.02 Å². The molecule has 0 aromatic carbocycles. The summed E-state index contributed by atoms with van der Waals surface area (Å²) in [5.41, 5.74) is 4.81. The van der Waals surface area contributed by atoms with E-state index < -0.39 is 11.4 Å². The molecule has 0 bridgehead atoms. The molecule has 0 heterocycles. The highest BCUT2D eigenvalue weighted by Crippen LogP contribution is 1.75. The van der Waals surface area contributed by atoms with Gasteiger partial charge in [-0.25, -0.2) is 9.20 Å². The van der Waals surface area contributed by atoms with Crippen LogP contribution in [0, 0.1) is 0 Å². The Hall–Kier alpha value is -0.620. The van der Waals surface area contributed by atoms with Gasteiger partial charge in [-0.15, -0.1) is 0 Å². The first-order valence-electron chi connectivity index (χ1n) is 1.66. The lowest BCUT2D eigenvalue weighted by Crippen LogP contribution is -2.16. The van der Waals surface area contributed by atoms with Crippen LogP contribution >= 0.6 is 0 Å². The Morgan fingerprint density at radius 3 is 2.62 bits per heavy atom. The number of aliphatic imine (C=N–C) groups is 1. The molecule has 0 saturated carbocycles. The second-order valence-corrected chi connectivity index (χ2v) is 1.42. The Kier molecular flexibility index (Phi) is 3.13. The molecular weight excluding hydrogens is 132 g/mol. The summed E-state index contributed by atoms with van der Waals surface area (Å²) in [6.07, 6.45) is 0. The summed E-state index contributed by atoms with van der Waals surface area (Å²) in [5, 5.41) is 0. The first-order chi connectivity index (χ1) is 3.66. The third kappa shape index (κ3) is 3.57. The molecule has 0 amide bonds. The third-order valence-corrected chi connectivity index (χ3v) is 0.681. The zero-order chi connectivity index (χ0) is 6.57. The fourth-order valence-electron chi connectivity index (χ4n) is 0.107. The maximum Gasteiger partial charge on any atom is 0.295 e. The molecule has 1 atom stereocenters. The van der Waals surface area contributed by atoms with Crippen LogP contribution in [0.3, 0.4) is 0 Å². The maximum absolute atomic E-state index is 9.59. The summed E-state index contributed by atoms with van der Waals surface area (Å²) < 4.78 is 23.0. The lowest BCUT2D eigenvalue weighted by Gasteiger charge is -2.02. The normalized spacial score (nSPS) is 15.5. The summed E-state index contributed by atoms with van der Waals surface area (Å²) in [7, 11) is 1.32.